The minimum atomic E-state index is -1.45. The van der Waals surface area contributed by atoms with E-state index >= 15 is 0 Å². The fraction of sp³-hybridized carbons (Fsp3) is 0. The van der Waals surface area contributed by atoms with E-state index in [0.717, 1.165) is 12.1 Å². The third kappa shape index (κ3) is 17.7. The molecule has 0 amide bonds. The van der Waals surface area contributed by atoms with Gasteiger partial charge in [0.05, 0.1) is 16.7 Å². The Kier molecular flexibility index (Phi) is 28.5. The summed E-state index contributed by atoms with van der Waals surface area (Å²) in [7, 11) is 0.628. The van der Waals surface area contributed by atoms with Crippen LogP contribution in [0.15, 0.2) is 49.8 Å². The molecule has 0 bridgehead atoms. The quantitative estimate of drug-likeness (QED) is 0.0823. The van der Waals surface area contributed by atoms with Crippen LogP contribution in [0, 0.1) is 0 Å². The van der Waals surface area contributed by atoms with Crippen LogP contribution in [0.2, 0.25) is 0 Å². The van der Waals surface area contributed by atoms with E-state index in [9.17, 15) is 33.9 Å². The number of carboxylic acids is 6. The molecule has 3 aromatic rings. The molecule has 3 rings (SSSR count). The molecule has 0 saturated heterocycles. The third-order valence-corrected chi connectivity index (χ3v) is 6.61. The second kappa shape index (κ2) is 26.3. The third-order valence-electron chi connectivity index (χ3n) is 4.64. The topological polar surface area (TPSA) is 284 Å². The summed E-state index contributed by atoms with van der Waals surface area (Å²) in [5.74, 6) is -9.67. The first-order valence-electron chi connectivity index (χ1n) is 10.7. The number of benzene rings is 3. The van der Waals surface area contributed by atoms with Gasteiger partial charge in [0.1, 0.15) is 33.9 Å². The number of rotatable bonds is 6. The van der Waals surface area contributed by atoms with E-state index in [1.54, 1.807) is 0 Å². The molecule has 0 saturated carbocycles. The summed E-state index contributed by atoms with van der Waals surface area (Å²) in [5.41, 5.74) is -1.60. The van der Waals surface area contributed by atoms with E-state index < -0.39 is 64.2 Å². The molecule has 263 valence electrons. The second-order valence-corrected chi connectivity index (χ2v) is 21.8. The van der Waals surface area contributed by atoms with Crippen molar-refractivity contribution in [2.45, 2.75) is 0 Å². The molecule has 15 nitrogen and oxygen atoms in total. The van der Waals surface area contributed by atoms with Crippen LogP contribution in [0.4, 0.5) is 0 Å². The van der Waals surface area contributed by atoms with Crippen LogP contribution >= 0.6 is 149 Å². The zero-order valence-corrected chi connectivity index (χ0v) is 39.6. The Hall–Kier alpha value is -0.446. The average Bonchev–Trinajstić information content (AvgIpc) is 2.97. The molecule has 0 radical (unpaired) electrons. The van der Waals surface area contributed by atoms with Crippen molar-refractivity contribution in [3.63, 3.8) is 0 Å². The number of hydrogen-bond acceptors (Lipinski definition) is 9. The van der Waals surface area contributed by atoms with E-state index in [1.807, 2.05) is 0 Å². The monoisotopic (exact) mass is 1470 g/mol. The fourth-order valence-electron chi connectivity index (χ4n) is 2.69. The van der Waals surface area contributed by atoms with E-state index in [2.05, 4.69) is 125 Å². The minimum absolute atomic E-state index is 0. The Morgan fingerprint density at radius 3 is 0.792 bits per heavy atom. The molecule has 48 heavy (non-hydrogen) atoms. The first-order chi connectivity index (χ1) is 21.7. The standard InChI is InChI=1S/C8H4Br2O4.C8H5BrO5.C8H6O6.I2.3HI.V/c9-5-1-3(7(11)12)6(10)2-4(5)8(13)14;9-5-1-4(8(13)14)6(10)2-3(5)7(11)12;9-5-1-3(7(11)12)6(10)2-4(5)8(13)14;1-2;;;;/h1-2H,(H,11,12)(H,13,14);1-2,10H,(H,11,12)(H,13,14);1-2,9-10H,(H,11,12)(H,13,14);;3*1H;/q;;;;;;;+2/p-2. The molecule has 9 N–H and O–H groups in total. The first-order valence-corrected chi connectivity index (χ1v) is 28.4. The number of halogens is 8. The summed E-state index contributed by atoms with van der Waals surface area (Å²) in [4.78, 5) is 63.3. The van der Waals surface area contributed by atoms with Gasteiger partial charge in [0.2, 0.25) is 0 Å². The SMILES string of the molecule is I.II.O=C(O)c1cc(Br)c(C(=O)O)cc1Br.O=C(O)c1cc(Br)c(C(=O)O)cc1O.O=C(O)c1cc(O)c(C(=O)O)cc1O.[I][V][I]. The van der Waals surface area contributed by atoms with Crippen molar-refractivity contribution in [1.82, 2.24) is 0 Å². The Morgan fingerprint density at radius 2 is 0.583 bits per heavy atom. The van der Waals surface area contributed by atoms with Crippen LogP contribution in [0.3, 0.4) is 0 Å². The van der Waals surface area contributed by atoms with Gasteiger partial charge >= 0.3 is 85.2 Å². The number of carbonyl (C=O) groups is 6. The van der Waals surface area contributed by atoms with Crippen molar-refractivity contribution in [3.8, 4) is 17.2 Å². The van der Waals surface area contributed by atoms with Crippen molar-refractivity contribution in [3.05, 3.63) is 83.2 Å². The van der Waals surface area contributed by atoms with Gasteiger partial charge in [0, 0.05) is 50.6 Å². The second-order valence-electron chi connectivity index (χ2n) is 7.44. The summed E-state index contributed by atoms with van der Waals surface area (Å²) in [5, 5.41) is 79.0. The van der Waals surface area contributed by atoms with E-state index in [4.69, 9.17) is 40.9 Å². The van der Waals surface area contributed by atoms with Gasteiger partial charge in [-0.05, 0) is 84.2 Å². The molecular weight excluding hydrogens is 1450 g/mol. The van der Waals surface area contributed by atoms with E-state index in [-0.39, 0.29) is 59.6 Å². The Labute approximate surface area is 363 Å². The van der Waals surface area contributed by atoms with Gasteiger partial charge < -0.3 is 46.0 Å². The van der Waals surface area contributed by atoms with Crippen LogP contribution in [-0.4, -0.2) is 81.8 Å². The molecule has 0 fully saturated rings. The average molecular weight is 1470 g/mol. The predicted molar refractivity (Wildman–Crippen MR) is 221 cm³/mol. The van der Waals surface area contributed by atoms with E-state index in [0.29, 0.717) is 21.6 Å². The van der Waals surface area contributed by atoms with Crippen LogP contribution in [0.1, 0.15) is 62.1 Å². The molecule has 0 aliphatic heterocycles. The van der Waals surface area contributed by atoms with Gasteiger partial charge in [-0.2, -0.15) is 0 Å². The normalized spacial score (nSPS) is 8.98. The summed E-state index contributed by atoms with van der Waals surface area (Å²) < 4.78 is 0.594. The number of carboxylic acid groups (broad SMARTS) is 6. The molecule has 0 aromatic heterocycles. The molecular formula is C24H16Br3I5O15V. The van der Waals surface area contributed by atoms with Gasteiger partial charge in [-0.3, -0.25) is 0 Å². The number of hydrogen-bond donors (Lipinski definition) is 9. The number of phenols is 3. The van der Waals surface area contributed by atoms with Crippen molar-refractivity contribution in [2.75, 3.05) is 0 Å². The van der Waals surface area contributed by atoms with Crippen molar-refractivity contribution in [2.24, 2.45) is 0 Å². The van der Waals surface area contributed by atoms with Gasteiger partial charge in [-0.25, -0.2) is 28.8 Å². The van der Waals surface area contributed by atoms with Crippen LogP contribution in [0.25, 0.3) is 0 Å². The molecule has 0 atom stereocenters. The van der Waals surface area contributed by atoms with Gasteiger partial charge in [0.25, 0.3) is 0 Å². The number of aromatic carboxylic acids is 6. The van der Waals surface area contributed by atoms with E-state index in [1.165, 1.54) is 12.1 Å². The van der Waals surface area contributed by atoms with Gasteiger partial charge in [-0.15, -0.1) is 24.0 Å². The van der Waals surface area contributed by atoms with Crippen LogP contribution in [0.5, 0.6) is 17.2 Å². The van der Waals surface area contributed by atoms with Gasteiger partial charge in [-0.1, -0.05) is 0 Å². The Bertz CT molecular complexity index is 1350. The molecule has 24 heteroatoms. The molecule has 0 aliphatic carbocycles. The van der Waals surface area contributed by atoms with Crippen molar-refractivity contribution in [1.29, 1.82) is 0 Å². The van der Waals surface area contributed by atoms with Crippen molar-refractivity contribution >= 4 is 185 Å². The van der Waals surface area contributed by atoms with Crippen LogP contribution in [-0.2, 0) is 9.47 Å². The van der Waals surface area contributed by atoms with Crippen molar-refractivity contribution < 1.29 is 84.2 Å². The molecule has 0 unspecified atom stereocenters. The van der Waals surface area contributed by atoms with Gasteiger partial charge in [0.15, 0.2) is 0 Å². The number of aromatic hydroxyl groups is 3. The summed E-state index contributed by atoms with van der Waals surface area (Å²) >= 11 is 17.8. The Morgan fingerprint density at radius 1 is 0.438 bits per heavy atom. The molecule has 0 aliphatic rings. The molecule has 3 aromatic carbocycles. The summed E-state index contributed by atoms with van der Waals surface area (Å²) in [6.07, 6.45) is 0. The zero-order valence-electron chi connectivity index (χ0n) is 22.4. The molecule has 0 spiro atoms. The first kappa shape index (κ1) is 51.9. The maximum atomic E-state index is 10.7. The zero-order chi connectivity index (χ0) is 37.3. The Balaban J connectivity index is -0.000000586. The fourth-order valence-corrected chi connectivity index (χ4v) is 4.23. The van der Waals surface area contributed by atoms with Crippen LogP contribution < -0.4 is 0 Å². The predicted octanol–water partition coefficient (Wildman–Crippen LogP) is 8.81. The molecule has 0 heterocycles. The summed E-state index contributed by atoms with van der Waals surface area (Å²) in [6, 6.07) is 5.78. The maximum absolute atomic E-state index is 10.7. The summed E-state index contributed by atoms with van der Waals surface area (Å²) in [6.45, 7) is 0.